The van der Waals surface area contributed by atoms with E-state index in [4.69, 9.17) is 16.7 Å². The molecule has 1 N–H and O–H groups in total. The predicted octanol–water partition coefficient (Wildman–Crippen LogP) is 1.80. The first-order chi connectivity index (χ1) is 6.97. The molecule has 0 aromatic carbocycles. The third kappa shape index (κ3) is 2.66. The molecule has 0 radical (unpaired) electrons. The minimum absolute atomic E-state index is 0.181. The van der Waals surface area contributed by atoms with E-state index in [2.05, 4.69) is 5.10 Å². The predicted molar refractivity (Wildman–Crippen MR) is 53.3 cm³/mol. The Balaban J connectivity index is 2.89. The van der Waals surface area contributed by atoms with Gasteiger partial charge in [0.2, 0.25) is 0 Å². The molecule has 0 saturated heterocycles. The number of aromatic nitrogens is 2. The van der Waals surface area contributed by atoms with Crippen molar-refractivity contribution in [2.24, 2.45) is 7.05 Å². The van der Waals surface area contributed by atoms with Gasteiger partial charge in [-0.15, -0.1) is 0 Å². The Labute approximate surface area is 91.7 Å². The van der Waals surface area contributed by atoms with Crippen molar-refractivity contribution in [1.29, 1.82) is 0 Å². The number of halogens is 3. The molecule has 0 bridgehead atoms. The van der Waals surface area contributed by atoms with Crippen LogP contribution in [0.4, 0.5) is 8.78 Å². The first-order valence-electron chi connectivity index (χ1n) is 4.63. The molecule has 1 rings (SSSR count). The highest BCUT2D eigenvalue weighted by Crippen LogP contribution is 2.23. The lowest BCUT2D eigenvalue weighted by Gasteiger charge is -2.09. The van der Waals surface area contributed by atoms with E-state index in [9.17, 15) is 8.78 Å². The molecule has 15 heavy (non-hydrogen) atoms. The minimum Gasteiger partial charge on any atom is -0.387 e. The Morgan fingerprint density at radius 3 is 2.53 bits per heavy atom. The average molecular weight is 239 g/mol. The van der Waals surface area contributed by atoms with Gasteiger partial charge in [0.25, 0.3) is 6.43 Å². The van der Waals surface area contributed by atoms with Gasteiger partial charge in [0.05, 0.1) is 16.4 Å². The van der Waals surface area contributed by atoms with Crippen molar-refractivity contribution in [1.82, 2.24) is 9.78 Å². The Bertz CT molecular complexity index is 341. The Hall–Kier alpha value is -0.680. The molecule has 86 valence electrons. The fourth-order valence-corrected chi connectivity index (χ4v) is 1.70. The van der Waals surface area contributed by atoms with E-state index in [1.165, 1.54) is 4.68 Å². The molecule has 3 nitrogen and oxygen atoms in total. The largest absolute Gasteiger partial charge is 0.387 e. The summed E-state index contributed by atoms with van der Waals surface area (Å²) in [6, 6.07) is 0. The smallest absolute Gasteiger partial charge is 0.264 e. The summed E-state index contributed by atoms with van der Waals surface area (Å²) in [5.41, 5.74) is 1.11. The Morgan fingerprint density at radius 2 is 2.13 bits per heavy atom. The minimum atomic E-state index is -2.76. The quantitative estimate of drug-likeness (QED) is 0.869. The number of alkyl halides is 2. The third-order valence-electron chi connectivity index (χ3n) is 2.20. The molecule has 1 atom stereocenters. The second-order valence-electron chi connectivity index (χ2n) is 3.29. The molecule has 0 aliphatic heterocycles. The van der Waals surface area contributed by atoms with Crippen molar-refractivity contribution in [3.8, 4) is 0 Å². The first-order valence-corrected chi connectivity index (χ1v) is 5.01. The summed E-state index contributed by atoms with van der Waals surface area (Å²) in [6.45, 7) is 1.88. The summed E-state index contributed by atoms with van der Waals surface area (Å²) in [4.78, 5) is 0. The van der Waals surface area contributed by atoms with E-state index in [1.807, 2.05) is 6.92 Å². The molecule has 0 aliphatic carbocycles. The molecule has 1 unspecified atom stereocenters. The molecular weight excluding hydrogens is 226 g/mol. The van der Waals surface area contributed by atoms with Gasteiger partial charge in [-0.25, -0.2) is 8.78 Å². The van der Waals surface area contributed by atoms with Gasteiger partial charge in [-0.3, -0.25) is 4.68 Å². The molecular formula is C9H13ClF2N2O. The van der Waals surface area contributed by atoms with Crippen molar-refractivity contribution in [3.63, 3.8) is 0 Å². The van der Waals surface area contributed by atoms with E-state index >= 15 is 0 Å². The van der Waals surface area contributed by atoms with Gasteiger partial charge in [-0.05, 0) is 6.42 Å². The maximum Gasteiger partial charge on any atom is 0.264 e. The average Bonchev–Trinajstić information content (AvgIpc) is 2.44. The van der Waals surface area contributed by atoms with Crippen molar-refractivity contribution >= 4 is 11.6 Å². The van der Waals surface area contributed by atoms with Crippen LogP contribution in [0.25, 0.3) is 0 Å². The van der Waals surface area contributed by atoms with Gasteiger partial charge in [-0.2, -0.15) is 5.10 Å². The second kappa shape index (κ2) is 4.90. The van der Waals surface area contributed by atoms with Crippen LogP contribution in [0, 0.1) is 0 Å². The van der Waals surface area contributed by atoms with Crippen LogP contribution in [0.3, 0.4) is 0 Å². The molecule has 0 amide bonds. The zero-order valence-corrected chi connectivity index (χ0v) is 9.30. The number of nitrogens with zero attached hydrogens (tertiary/aromatic N) is 2. The zero-order chi connectivity index (χ0) is 11.6. The van der Waals surface area contributed by atoms with Crippen LogP contribution in [-0.2, 0) is 19.9 Å². The molecule has 1 aromatic rings. The van der Waals surface area contributed by atoms with Crippen LogP contribution in [-0.4, -0.2) is 27.4 Å². The van der Waals surface area contributed by atoms with Crippen LogP contribution in [0.5, 0.6) is 0 Å². The van der Waals surface area contributed by atoms with E-state index in [1.54, 1.807) is 7.05 Å². The van der Waals surface area contributed by atoms with Crippen LogP contribution >= 0.6 is 11.6 Å². The van der Waals surface area contributed by atoms with E-state index in [0.29, 0.717) is 22.8 Å². The number of rotatable bonds is 4. The van der Waals surface area contributed by atoms with Gasteiger partial charge in [0, 0.05) is 13.5 Å². The van der Waals surface area contributed by atoms with E-state index in [0.717, 1.165) is 0 Å². The summed E-state index contributed by atoms with van der Waals surface area (Å²) >= 11 is 5.94. The SMILES string of the molecule is CCc1nn(C)c(CC(O)C(F)F)c1Cl. The topological polar surface area (TPSA) is 38.0 Å². The van der Waals surface area contributed by atoms with Gasteiger partial charge in [0.15, 0.2) is 0 Å². The van der Waals surface area contributed by atoms with Gasteiger partial charge >= 0.3 is 0 Å². The summed E-state index contributed by atoms with van der Waals surface area (Å²) in [7, 11) is 1.62. The van der Waals surface area contributed by atoms with Gasteiger partial charge in [-0.1, -0.05) is 18.5 Å². The molecule has 0 aliphatic rings. The van der Waals surface area contributed by atoms with Crippen LogP contribution in [0.15, 0.2) is 0 Å². The van der Waals surface area contributed by atoms with Crippen molar-refractivity contribution in [3.05, 3.63) is 16.4 Å². The first kappa shape index (κ1) is 12.4. The van der Waals surface area contributed by atoms with Crippen molar-refractivity contribution in [2.75, 3.05) is 0 Å². The monoisotopic (exact) mass is 238 g/mol. The summed E-state index contributed by atoms with van der Waals surface area (Å²) < 4.78 is 25.7. The van der Waals surface area contributed by atoms with E-state index in [-0.39, 0.29) is 6.42 Å². The molecule has 0 spiro atoms. The number of hydrogen-bond acceptors (Lipinski definition) is 2. The molecule has 6 heteroatoms. The Morgan fingerprint density at radius 1 is 1.53 bits per heavy atom. The highest BCUT2D eigenvalue weighted by Gasteiger charge is 2.22. The number of aliphatic hydroxyl groups excluding tert-OH is 1. The molecule has 0 fully saturated rings. The van der Waals surface area contributed by atoms with Gasteiger partial charge in [0.1, 0.15) is 6.10 Å². The van der Waals surface area contributed by atoms with Crippen LogP contribution < -0.4 is 0 Å². The number of aryl methyl sites for hydroxylation is 2. The maximum atomic E-state index is 12.1. The maximum absolute atomic E-state index is 12.1. The summed E-state index contributed by atoms with van der Waals surface area (Å²) in [5, 5.41) is 13.5. The highest BCUT2D eigenvalue weighted by atomic mass is 35.5. The summed E-state index contributed by atoms with van der Waals surface area (Å²) in [5.74, 6) is 0. The van der Waals surface area contributed by atoms with Gasteiger partial charge < -0.3 is 5.11 Å². The molecule has 0 saturated carbocycles. The second-order valence-corrected chi connectivity index (χ2v) is 3.67. The molecule has 1 aromatic heterocycles. The van der Waals surface area contributed by atoms with Crippen LogP contribution in [0.1, 0.15) is 18.3 Å². The van der Waals surface area contributed by atoms with Crippen LogP contribution in [0.2, 0.25) is 5.02 Å². The van der Waals surface area contributed by atoms with Crippen molar-refractivity contribution < 1.29 is 13.9 Å². The number of aliphatic hydroxyl groups is 1. The lowest BCUT2D eigenvalue weighted by molar-refractivity contribution is -0.00458. The third-order valence-corrected chi connectivity index (χ3v) is 2.63. The standard InChI is InChI=1S/C9H13ClF2N2O/c1-3-5-8(10)6(14(2)13-5)4-7(15)9(11)12/h7,9,15H,3-4H2,1-2H3. The fraction of sp³-hybridized carbons (Fsp3) is 0.667. The normalized spacial score (nSPS) is 13.5. The number of hydrogen-bond donors (Lipinski definition) is 1. The van der Waals surface area contributed by atoms with E-state index < -0.39 is 12.5 Å². The summed E-state index contributed by atoms with van der Waals surface area (Å²) in [6.07, 6.45) is -4.00. The lowest BCUT2D eigenvalue weighted by atomic mass is 10.2. The molecule has 1 heterocycles. The lowest BCUT2D eigenvalue weighted by Crippen LogP contribution is -2.21. The van der Waals surface area contributed by atoms with Crippen molar-refractivity contribution in [2.45, 2.75) is 32.3 Å². The zero-order valence-electron chi connectivity index (χ0n) is 8.54. The Kier molecular flexibility index (Phi) is 4.04. The fourth-order valence-electron chi connectivity index (χ4n) is 1.33. The highest BCUT2D eigenvalue weighted by molar-refractivity contribution is 6.31.